The summed E-state index contributed by atoms with van der Waals surface area (Å²) < 4.78 is 21.5. The van der Waals surface area contributed by atoms with Crippen LogP contribution in [0, 0.1) is 0 Å². The highest BCUT2D eigenvalue weighted by atomic mass is 32.2. The van der Waals surface area contributed by atoms with Crippen LogP contribution in [0.2, 0.25) is 12.6 Å². The first kappa shape index (κ1) is 9.80. The van der Waals surface area contributed by atoms with Gasteiger partial charge in [-0.3, -0.25) is 13.7 Å². The van der Waals surface area contributed by atoms with Crippen molar-refractivity contribution >= 4 is 26.7 Å². The smallest absolute Gasteiger partial charge is 0.230 e. The summed E-state index contributed by atoms with van der Waals surface area (Å²) in [5.74, 6) is -0.400. The zero-order chi connectivity index (χ0) is 7.98. The molecule has 0 fully saturated rings. The highest BCUT2D eigenvalue weighted by molar-refractivity contribution is 7.77. The number of amides is 1. The second-order valence-electron chi connectivity index (χ2n) is 1.86. The minimum Gasteiger partial charge on any atom is -0.755 e. The molecule has 0 aliphatic heterocycles. The summed E-state index contributed by atoms with van der Waals surface area (Å²) in [6.45, 7) is 2.07. The third kappa shape index (κ3) is 5.93. The van der Waals surface area contributed by atoms with Crippen molar-refractivity contribution in [2.75, 3.05) is 0 Å². The first-order valence-electron chi connectivity index (χ1n) is 3.05. The lowest BCUT2D eigenvalue weighted by molar-refractivity contribution is -0.119. The van der Waals surface area contributed by atoms with Crippen LogP contribution < -0.4 is 4.72 Å². The average Bonchev–Trinajstić information content (AvgIpc) is 1.82. The van der Waals surface area contributed by atoms with Gasteiger partial charge in [0.2, 0.25) is 5.91 Å². The van der Waals surface area contributed by atoms with E-state index in [9.17, 15) is 13.6 Å². The molecule has 1 N–H and O–H groups in total. The van der Waals surface area contributed by atoms with Gasteiger partial charge in [0, 0.05) is 27.2 Å². The van der Waals surface area contributed by atoms with Gasteiger partial charge in [-0.1, -0.05) is 12.6 Å². The largest absolute Gasteiger partial charge is 0.755 e. The summed E-state index contributed by atoms with van der Waals surface area (Å²) in [7, 11) is -0.125. The second-order valence-corrected chi connectivity index (χ2v) is 4.24. The van der Waals surface area contributed by atoms with E-state index in [1.165, 1.54) is 0 Å². The summed E-state index contributed by atoms with van der Waals surface area (Å²) in [6.07, 6.45) is 0.344. The molecule has 0 aromatic carbocycles. The number of carbonyl (C=O) groups excluding carboxylic acids is 1. The summed E-state index contributed by atoms with van der Waals surface area (Å²) in [4.78, 5) is 10.5. The van der Waals surface area contributed by atoms with E-state index in [0.717, 1.165) is 6.04 Å². The van der Waals surface area contributed by atoms with Crippen LogP contribution in [0.3, 0.4) is 0 Å². The lowest BCUT2D eigenvalue weighted by Gasteiger charge is -2.05. The summed E-state index contributed by atoms with van der Waals surface area (Å²) >= 11 is -2.43. The highest BCUT2D eigenvalue weighted by Gasteiger charge is 1.97. The van der Waals surface area contributed by atoms with E-state index in [1.807, 2.05) is 0 Å². The van der Waals surface area contributed by atoms with Gasteiger partial charge in [0.25, 0.3) is 0 Å². The lowest BCUT2D eigenvalue weighted by atomic mass is 10.5. The fourth-order valence-corrected chi connectivity index (χ4v) is 1.44. The Morgan fingerprint density at radius 1 is 1.80 bits per heavy atom. The number of rotatable bonds is 4. The maximum atomic E-state index is 10.5. The van der Waals surface area contributed by atoms with Crippen molar-refractivity contribution in [2.24, 2.45) is 0 Å². The molecule has 0 radical (unpaired) electrons. The Hall–Kier alpha value is -0.203. The van der Waals surface area contributed by atoms with E-state index in [0.29, 0.717) is 6.42 Å². The van der Waals surface area contributed by atoms with E-state index in [2.05, 4.69) is 6.55 Å². The van der Waals surface area contributed by atoms with Crippen molar-refractivity contribution in [1.82, 2.24) is 4.72 Å². The number of hydrogen-bond donors (Lipinski definition) is 1. The Kier molecular flexibility index (Phi) is 5.46. The molecule has 1 unspecified atom stereocenters. The van der Waals surface area contributed by atoms with Gasteiger partial charge in [-0.05, 0) is 0 Å². The highest BCUT2D eigenvalue weighted by Crippen LogP contribution is 1.87. The van der Waals surface area contributed by atoms with Crippen molar-refractivity contribution in [2.45, 2.75) is 19.0 Å². The maximum Gasteiger partial charge on any atom is 0.230 e. The first-order chi connectivity index (χ1) is 4.66. The fraction of sp³-hybridized carbons (Fsp3) is 0.750. The van der Waals surface area contributed by atoms with Crippen molar-refractivity contribution in [3.05, 3.63) is 0 Å². The minimum absolute atomic E-state index is 0.125. The number of nitrogens with one attached hydrogen (secondary N) is 1. The van der Waals surface area contributed by atoms with Gasteiger partial charge >= 0.3 is 0 Å². The SMILES string of the molecule is C[SiH2]CCC(=O)NS(=O)[O-]. The van der Waals surface area contributed by atoms with Crippen molar-refractivity contribution in [1.29, 1.82) is 0 Å². The minimum atomic E-state index is -2.43. The van der Waals surface area contributed by atoms with Gasteiger partial charge in [0.1, 0.15) is 0 Å². The molecule has 0 rings (SSSR count). The molecule has 4 nitrogen and oxygen atoms in total. The Balaban J connectivity index is 3.35. The molecule has 0 aliphatic rings. The Morgan fingerprint density at radius 3 is 2.80 bits per heavy atom. The van der Waals surface area contributed by atoms with Gasteiger partial charge in [-0.25, -0.2) is 0 Å². The van der Waals surface area contributed by atoms with E-state index in [1.54, 1.807) is 4.72 Å². The number of hydrogen-bond acceptors (Lipinski definition) is 3. The van der Waals surface area contributed by atoms with Crippen LogP contribution in [0.15, 0.2) is 0 Å². The predicted octanol–water partition coefficient (Wildman–Crippen LogP) is -1.08. The van der Waals surface area contributed by atoms with Crippen LogP contribution in [0.1, 0.15) is 6.42 Å². The summed E-state index contributed by atoms with van der Waals surface area (Å²) in [5, 5.41) is 0. The van der Waals surface area contributed by atoms with Crippen LogP contribution in [-0.4, -0.2) is 24.2 Å². The summed E-state index contributed by atoms with van der Waals surface area (Å²) in [5.41, 5.74) is 0. The molecular formula is C4H10NO3SSi-. The van der Waals surface area contributed by atoms with Crippen LogP contribution >= 0.6 is 0 Å². The average molecular weight is 180 g/mol. The van der Waals surface area contributed by atoms with Crippen LogP contribution in [0.25, 0.3) is 0 Å². The monoisotopic (exact) mass is 180 g/mol. The molecule has 0 aromatic heterocycles. The molecule has 0 heterocycles. The molecule has 0 saturated carbocycles. The van der Waals surface area contributed by atoms with Gasteiger partial charge < -0.3 is 4.55 Å². The Morgan fingerprint density at radius 2 is 2.40 bits per heavy atom. The van der Waals surface area contributed by atoms with Crippen LogP contribution in [0.4, 0.5) is 0 Å². The third-order valence-electron chi connectivity index (χ3n) is 0.955. The lowest BCUT2D eigenvalue weighted by Crippen LogP contribution is -2.24. The fourth-order valence-electron chi connectivity index (χ4n) is 0.481. The molecule has 0 bridgehead atoms. The van der Waals surface area contributed by atoms with Gasteiger partial charge in [0.15, 0.2) is 0 Å². The van der Waals surface area contributed by atoms with E-state index >= 15 is 0 Å². The second kappa shape index (κ2) is 5.57. The molecule has 0 saturated heterocycles. The van der Waals surface area contributed by atoms with Gasteiger partial charge in [-0.2, -0.15) is 0 Å². The van der Waals surface area contributed by atoms with E-state index in [4.69, 9.17) is 0 Å². The zero-order valence-electron chi connectivity index (χ0n) is 5.75. The molecule has 10 heavy (non-hydrogen) atoms. The third-order valence-corrected chi connectivity index (χ3v) is 2.41. The van der Waals surface area contributed by atoms with E-state index in [-0.39, 0.29) is 9.52 Å². The molecule has 0 aromatic rings. The van der Waals surface area contributed by atoms with Gasteiger partial charge in [0.05, 0.1) is 0 Å². The molecule has 0 spiro atoms. The van der Waals surface area contributed by atoms with Gasteiger partial charge in [-0.15, -0.1) is 0 Å². The van der Waals surface area contributed by atoms with Crippen molar-refractivity contribution in [3.8, 4) is 0 Å². The Labute approximate surface area is 64.6 Å². The summed E-state index contributed by atoms with van der Waals surface area (Å²) in [6, 6.07) is 0.864. The topological polar surface area (TPSA) is 69.2 Å². The quantitative estimate of drug-likeness (QED) is 0.442. The molecule has 0 aliphatic carbocycles. The first-order valence-corrected chi connectivity index (χ1v) is 6.54. The molecule has 1 atom stereocenters. The number of carbonyl (C=O) groups is 1. The maximum absolute atomic E-state index is 10.5. The molecule has 6 heteroatoms. The normalized spacial score (nSPS) is 13.8. The van der Waals surface area contributed by atoms with Crippen LogP contribution in [-0.2, 0) is 16.1 Å². The molecular weight excluding hydrogens is 170 g/mol. The molecule has 60 valence electrons. The molecule has 1 amide bonds. The van der Waals surface area contributed by atoms with E-state index < -0.39 is 17.2 Å². The Bertz CT molecular complexity index is 140. The predicted molar refractivity (Wildman–Crippen MR) is 40.9 cm³/mol. The van der Waals surface area contributed by atoms with Crippen LogP contribution in [0.5, 0.6) is 0 Å². The standard InChI is InChI=1S/C4H11NO3SSi/c1-10-3-2-4(6)5-9(7)8/h2-3,10H2,1H3,(H,5,6)(H,7,8)/p-1. The van der Waals surface area contributed by atoms with Crippen molar-refractivity contribution in [3.63, 3.8) is 0 Å². The van der Waals surface area contributed by atoms with Crippen molar-refractivity contribution < 1.29 is 13.6 Å². The zero-order valence-corrected chi connectivity index (χ0v) is 7.99.